The topological polar surface area (TPSA) is 78.8 Å². The number of aromatic amines is 1. The Morgan fingerprint density at radius 2 is 1.72 bits per heavy atom. The van der Waals surface area contributed by atoms with E-state index >= 15 is 0 Å². The summed E-state index contributed by atoms with van der Waals surface area (Å²) >= 11 is 0. The molecule has 47 heavy (non-hydrogen) atoms. The van der Waals surface area contributed by atoms with Crippen molar-refractivity contribution >= 4 is 28.0 Å². The third-order valence-electron chi connectivity index (χ3n) is 10.9. The summed E-state index contributed by atoms with van der Waals surface area (Å²) in [7, 11) is 2.02. The molecule has 0 saturated carbocycles. The molecule has 1 atom stereocenters. The van der Waals surface area contributed by atoms with Gasteiger partial charge in [0.25, 0.3) is 0 Å². The van der Waals surface area contributed by atoms with E-state index in [9.17, 15) is 4.79 Å². The Labute approximate surface area is 279 Å². The number of carbonyl (C=O) groups is 1. The lowest BCUT2D eigenvalue weighted by Gasteiger charge is -2.33. The number of aromatic nitrogens is 4. The zero-order valence-electron chi connectivity index (χ0n) is 29.0. The first kappa shape index (κ1) is 31.6. The number of hydrogen-bond donors (Lipinski definition) is 2. The van der Waals surface area contributed by atoms with Crippen molar-refractivity contribution in [3.05, 3.63) is 82.8 Å². The summed E-state index contributed by atoms with van der Waals surface area (Å²) in [4.78, 5) is 29.0. The first-order valence-corrected chi connectivity index (χ1v) is 17.6. The molecular weight excluding hydrogens is 580 g/mol. The number of rotatable bonds is 11. The molecule has 7 rings (SSSR count). The van der Waals surface area contributed by atoms with Gasteiger partial charge >= 0.3 is 0 Å². The second-order valence-corrected chi connectivity index (χ2v) is 15.0. The van der Waals surface area contributed by atoms with Crippen molar-refractivity contribution in [2.45, 2.75) is 103 Å². The molecule has 0 unspecified atom stereocenters. The molecule has 2 bridgehead atoms. The summed E-state index contributed by atoms with van der Waals surface area (Å²) < 4.78 is 2.03. The van der Waals surface area contributed by atoms with Crippen LogP contribution in [0.1, 0.15) is 93.0 Å². The molecule has 7 nitrogen and oxygen atoms in total. The number of aryl methyl sites for hydroxylation is 4. The molecule has 3 aromatic heterocycles. The lowest BCUT2D eigenvalue weighted by atomic mass is 9.81. The van der Waals surface area contributed by atoms with Crippen molar-refractivity contribution in [1.29, 1.82) is 0 Å². The van der Waals surface area contributed by atoms with Gasteiger partial charge < -0.3 is 19.8 Å². The van der Waals surface area contributed by atoms with Gasteiger partial charge in [0.2, 0.25) is 5.91 Å². The van der Waals surface area contributed by atoms with Gasteiger partial charge in [-0.1, -0.05) is 30.2 Å². The molecule has 7 heteroatoms. The maximum atomic E-state index is 14.1. The molecule has 2 saturated heterocycles. The van der Waals surface area contributed by atoms with Crippen LogP contribution in [0.5, 0.6) is 0 Å². The first-order chi connectivity index (χ1) is 22.6. The number of pyridine rings is 1. The van der Waals surface area contributed by atoms with Crippen molar-refractivity contribution in [3.8, 4) is 11.3 Å². The van der Waals surface area contributed by atoms with E-state index in [1.165, 1.54) is 38.9 Å². The molecule has 2 aliphatic rings. The van der Waals surface area contributed by atoms with E-state index in [1.807, 2.05) is 24.1 Å². The van der Waals surface area contributed by atoms with Crippen molar-refractivity contribution in [1.82, 2.24) is 29.7 Å². The van der Waals surface area contributed by atoms with E-state index < -0.39 is 5.41 Å². The Hall–Kier alpha value is -3.97. The van der Waals surface area contributed by atoms with Crippen LogP contribution >= 0.6 is 0 Å². The zero-order valence-corrected chi connectivity index (χ0v) is 29.0. The Morgan fingerprint density at radius 3 is 2.45 bits per heavy atom. The highest BCUT2D eigenvalue weighted by Gasteiger charge is 2.47. The third kappa shape index (κ3) is 5.99. The van der Waals surface area contributed by atoms with Crippen LogP contribution < -0.4 is 5.32 Å². The fraction of sp³-hybridized carbons (Fsp3) is 0.475. The van der Waals surface area contributed by atoms with E-state index in [0.29, 0.717) is 18.0 Å². The molecule has 2 aliphatic heterocycles. The zero-order chi connectivity index (χ0) is 32.9. The van der Waals surface area contributed by atoms with Crippen molar-refractivity contribution < 1.29 is 4.79 Å². The van der Waals surface area contributed by atoms with Crippen LogP contribution in [0.3, 0.4) is 0 Å². The van der Waals surface area contributed by atoms with Crippen LogP contribution in [0.2, 0.25) is 0 Å². The second kappa shape index (κ2) is 12.6. The summed E-state index contributed by atoms with van der Waals surface area (Å²) in [5.41, 5.74) is 11.1. The number of H-pyrrole nitrogens is 1. The Kier molecular flexibility index (Phi) is 8.46. The van der Waals surface area contributed by atoms with Gasteiger partial charge in [-0.25, -0.2) is 9.97 Å². The summed E-state index contributed by atoms with van der Waals surface area (Å²) in [6.07, 6.45) is 11.7. The molecule has 246 valence electrons. The predicted molar refractivity (Wildman–Crippen MR) is 192 cm³/mol. The number of hydrogen-bond acceptors (Lipinski definition) is 4. The van der Waals surface area contributed by atoms with Gasteiger partial charge in [-0.05, 0) is 138 Å². The largest absolute Gasteiger partial charge is 0.354 e. The van der Waals surface area contributed by atoms with E-state index in [2.05, 4.69) is 102 Å². The third-order valence-corrected chi connectivity index (χ3v) is 10.9. The monoisotopic (exact) mass is 630 g/mol. The lowest BCUT2D eigenvalue weighted by Crippen LogP contribution is -2.45. The second-order valence-electron chi connectivity index (χ2n) is 15.0. The Morgan fingerprint density at radius 1 is 1.00 bits per heavy atom. The highest BCUT2D eigenvalue weighted by atomic mass is 16.2. The number of unbranched alkanes of at least 4 members (excludes halogenated alkanes) is 1. The molecule has 2 aromatic carbocycles. The van der Waals surface area contributed by atoms with Crippen molar-refractivity contribution in [2.24, 2.45) is 7.05 Å². The highest BCUT2D eigenvalue weighted by molar-refractivity contribution is 5.95. The minimum absolute atomic E-state index is 0.277. The van der Waals surface area contributed by atoms with Gasteiger partial charge in [-0.2, -0.15) is 0 Å². The summed E-state index contributed by atoms with van der Waals surface area (Å²) in [5.74, 6) is 0.568. The van der Waals surface area contributed by atoms with Crippen LogP contribution in [0.15, 0.2) is 55.0 Å². The number of fused-ring (bicyclic) bond motifs is 4. The summed E-state index contributed by atoms with van der Waals surface area (Å²) in [6, 6.07) is 16.6. The average molecular weight is 631 g/mol. The Balaban J connectivity index is 1.10. The van der Waals surface area contributed by atoms with Gasteiger partial charge in [-0.15, -0.1) is 0 Å². The van der Waals surface area contributed by atoms with Gasteiger partial charge in [0.05, 0.1) is 23.0 Å². The molecule has 2 N–H and O–H groups in total. The van der Waals surface area contributed by atoms with Crippen molar-refractivity contribution in [2.75, 3.05) is 13.1 Å². The molecule has 0 radical (unpaired) electrons. The van der Waals surface area contributed by atoms with Crippen LogP contribution in [0.25, 0.3) is 33.3 Å². The van der Waals surface area contributed by atoms with E-state index in [0.717, 1.165) is 80.3 Å². The highest BCUT2D eigenvalue weighted by Crippen LogP contribution is 2.43. The molecule has 5 aromatic rings. The van der Waals surface area contributed by atoms with Gasteiger partial charge in [0.15, 0.2) is 5.65 Å². The van der Waals surface area contributed by atoms with Gasteiger partial charge in [0, 0.05) is 42.8 Å². The smallest absolute Gasteiger partial charge is 0.233 e. The fourth-order valence-electron chi connectivity index (χ4n) is 8.34. The van der Waals surface area contributed by atoms with Crippen LogP contribution in [-0.4, -0.2) is 55.5 Å². The van der Waals surface area contributed by atoms with Crippen LogP contribution in [0, 0.1) is 13.8 Å². The average Bonchev–Trinajstić information content (AvgIpc) is 3.83. The van der Waals surface area contributed by atoms with Gasteiger partial charge in [-0.3, -0.25) is 4.79 Å². The summed E-state index contributed by atoms with van der Waals surface area (Å²) in [6.45, 7) is 12.8. The number of imidazole rings is 1. The number of benzene rings is 2. The molecule has 5 heterocycles. The fourth-order valence-corrected chi connectivity index (χ4v) is 8.34. The minimum atomic E-state index is -0.577. The molecule has 1 amide bonds. The Bertz CT molecular complexity index is 1890. The normalized spacial score (nSPS) is 18.6. The number of nitrogens with one attached hydrogen (secondary N) is 2. The standard InChI is InChI=1S/C40H50N6O/c1-25-17-26(2)19-29(18-25)37-36(27(3)22-41-16-8-7-9-28-20-35-38(42-23-28)43-24-45(35)6)33-21-30(10-15-34(33)44-37)40(4,5)39(47)46-31-11-12-32(46)14-13-31/h10,15,17-21,23-24,27,31-32,41,44H,7-9,11-14,16,22H2,1-6H3/t27-,31?,32?/m1/s1. The number of amides is 1. The molecule has 2 fully saturated rings. The number of carbonyl (C=O) groups excluding carboxylic acids is 1. The SMILES string of the molecule is Cc1cc(C)cc(-c2[nH]c3ccc(C(C)(C)C(=O)N4C5CCC4CC5)cc3c2[C@H](C)CNCCCCc2cnc3ncn(C)c3c2)c1. The minimum Gasteiger partial charge on any atom is -0.354 e. The summed E-state index contributed by atoms with van der Waals surface area (Å²) in [5, 5.41) is 5.00. The van der Waals surface area contributed by atoms with Gasteiger partial charge in [0.1, 0.15) is 0 Å². The van der Waals surface area contributed by atoms with Crippen molar-refractivity contribution in [3.63, 3.8) is 0 Å². The number of nitrogens with zero attached hydrogens (tertiary/aromatic N) is 4. The van der Waals surface area contributed by atoms with Crippen LogP contribution in [-0.2, 0) is 23.7 Å². The lowest BCUT2D eigenvalue weighted by molar-refractivity contribution is -0.137. The first-order valence-electron chi connectivity index (χ1n) is 17.6. The van der Waals surface area contributed by atoms with E-state index in [-0.39, 0.29) is 5.92 Å². The van der Waals surface area contributed by atoms with E-state index in [1.54, 1.807) is 0 Å². The predicted octanol–water partition coefficient (Wildman–Crippen LogP) is 7.88. The maximum Gasteiger partial charge on any atom is 0.233 e. The maximum absolute atomic E-state index is 14.1. The van der Waals surface area contributed by atoms with Crippen LogP contribution in [0.4, 0.5) is 0 Å². The molecule has 0 aliphatic carbocycles. The van der Waals surface area contributed by atoms with E-state index in [4.69, 9.17) is 0 Å². The molecule has 0 spiro atoms. The quantitative estimate of drug-likeness (QED) is 0.146. The molecular formula is C40H50N6O.